The van der Waals surface area contributed by atoms with Gasteiger partial charge in [0.15, 0.2) is 11.2 Å². The van der Waals surface area contributed by atoms with Gasteiger partial charge in [-0.25, -0.2) is 4.79 Å². The second-order valence-electron chi connectivity index (χ2n) is 5.18. The lowest BCUT2D eigenvalue weighted by Crippen LogP contribution is -2.47. The number of esters is 1. The summed E-state index contributed by atoms with van der Waals surface area (Å²) < 4.78 is 9.87. The van der Waals surface area contributed by atoms with E-state index in [9.17, 15) is 9.90 Å². The maximum Gasteiger partial charge on any atom is 0.331 e. The van der Waals surface area contributed by atoms with Gasteiger partial charge in [0.1, 0.15) is 11.9 Å². The van der Waals surface area contributed by atoms with Gasteiger partial charge in [0, 0.05) is 5.69 Å². The van der Waals surface area contributed by atoms with Crippen molar-refractivity contribution in [3.8, 4) is 5.75 Å². The zero-order valence-electron chi connectivity index (χ0n) is 13.9. The molecule has 0 amide bonds. The average Bonchev–Trinajstić information content (AvgIpc) is 2.66. The van der Waals surface area contributed by atoms with Crippen molar-refractivity contribution in [2.75, 3.05) is 19.5 Å². The molecule has 0 radical (unpaired) electrons. The molecule has 132 valence electrons. The Hall–Kier alpha value is -2.64. The molecule has 0 aliphatic heterocycles. The third-order valence-corrected chi connectivity index (χ3v) is 3.77. The summed E-state index contributed by atoms with van der Waals surface area (Å²) in [6, 6.07) is 15.0. The molecule has 0 spiro atoms. The van der Waals surface area contributed by atoms with E-state index in [1.807, 2.05) is 30.3 Å². The van der Waals surface area contributed by atoms with Gasteiger partial charge in [0.2, 0.25) is 0 Å². The number of hydrogen-bond acceptors (Lipinski definition) is 5. The molecular weight excluding hydrogens is 340 g/mol. The van der Waals surface area contributed by atoms with Crippen molar-refractivity contribution in [2.24, 2.45) is 0 Å². The fourth-order valence-corrected chi connectivity index (χ4v) is 2.46. The van der Waals surface area contributed by atoms with Crippen LogP contribution in [-0.4, -0.2) is 36.4 Å². The molecule has 0 aliphatic carbocycles. The lowest BCUT2D eigenvalue weighted by molar-refractivity contribution is -0.145. The van der Waals surface area contributed by atoms with E-state index in [2.05, 4.69) is 10.6 Å². The number of methoxy groups -OCH3 is 2. The van der Waals surface area contributed by atoms with Gasteiger partial charge in [-0.15, -0.1) is 0 Å². The Morgan fingerprint density at radius 1 is 1.08 bits per heavy atom. The number of aliphatic hydroxyl groups excluding tert-OH is 1. The first kappa shape index (κ1) is 18.7. The molecule has 0 saturated carbocycles. The van der Waals surface area contributed by atoms with Crippen molar-refractivity contribution in [1.29, 1.82) is 0 Å². The maximum atomic E-state index is 12.1. The first-order valence-corrected chi connectivity index (χ1v) is 7.98. The lowest BCUT2D eigenvalue weighted by atomic mass is 10.0. The average molecular weight is 360 g/mol. The number of anilines is 1. The normalized spacial score (nSPS) is 12.6. The predicted molar refractivity (Wildman–Crippen MR) is 99.6 cm³/mol. The molecule has 2 unspecified atom stereocenters. The van der Waals surface area contributed by atoms with Crippen LogP contribution in [0.25, 0.3) is 0 Å². The number of carbonyl (C=O) groups excluding carboxylic acids is 1. The minimum absolute atomic E-state index is 0.203. The molecule has 3 N–H and O–H groups in total. The number of hydrogen-bond donors (Lipinski definition) is 3. The summed E-state index contributed by atoms with van der Waals surface area (Å²) in [5.74, 6) is 0.0281. The summed E-state index contributed by atoms with van der Waals surface area (Å²) in [7, 11) is 2.81. The predicted octanol–water partition coefficient (Wildman–Crippen LogP) is 2.26. The number of carbonyl (C=O) groups is 1. The number of ether oxygens (including phenoxy) is 2. The summed E-state index contributed by atoms with van der Waals surface area (Å²) in [6.07, 6.45) is -1.14. The molecule has 0 saturated heterocycles. The zero-order chi connectivity index (χ0) is 18.2. The van der Waals surface area contributed by atoms with E-state index in [0.717, 1.165) is 5.69 Å². The molecule has 25 heavy (non-hydrogen) atoms. The molecule has 7 heteroatoms. The summed E-state index contributed by atoms with van der Waals surface area (Å²) >= 11 is 5.23. The standard InChI is InChI=1S/C18H20N2O4S/c1-23-14-10-8-12(9-11-14)16(21)15(17(22)24-2)20-18(25)19-13-6-4-3-5-7-13/h3-11,15-16,21H,1-2H3,(H2,19,20,25). The fourth-order valence-electron chi connectivity index (χ4n) is 2.22. The molecule has 6 nitrogen and oxygen atoms in total. The van der Waals surface area contributed by atoms with E-state index in [0.29, 0.717) is 11.3 Å². The van der Waals surface area contributed by atoms with E-state index >= 15 is 0 Å². The third kappa shape index (κ3) is 5.17. The Bertz CT molecular complexity index is 707. The molecule has 0 aliphatic rings. The van der Waals surface area contributed by atoms with Gasteiger partial charge in [0.25, 0.3) is 0 Å². The van der Waals surface area contributed by atoms with Gasteiger partial charge in [-0.1, -0.05) is 30.3 Å². The second-order valence-corrected chi connectivity index (χ2v) is 5.59. The van der Waals surface area contributed by atoms with Crippen LogP contribution in [0.5, 0.6) is 5.75 Å². The second kappa shape index (κ2) is 9.00. The van der Waals surface area contributed by atoms with Gasteiger partial charge in [-0.3, -0.25) is 0 Å². The topological polar surface area (TPSA) is 79.8 Å². The Morgan fingerprint density at radius 3 is 2.28 bits per heavy atom. The van der Waals surface area contributed by atoms with Crippen LogP contribution >= 0.6 is 12.2 Å². The Balaban J connectivity index is 2.11. The van der Waals surface area contributed by atoms with Gasteiger partial charge < -0.3 is 25.2 Å². The molecule has 0 bridgehead atoms. The minimum Gasteiger partial charge on any atom is -0.497 e. The quantitative estimate of drug-likeness (QED) is 0.539. The van der Waals surface area contributed by atoms with E-state index in [1.54, 1.807) is 31.4 Å². The van der Waals surface area contributed by atoms with Crippen LogP contribution in [0.1, 0.15) is 11.7 Å². The van der Waals surface area contributed by atoms with Crippen LogP contribution in [-0.2, 0) is 9.53 Å². The number of rotatable bonds is 6. The van der Waals surface area contributed by atoms with E-state index < -0.39 is 18.1 Å². The van der Waals surface area contributed by atoms with Crippen molar-refractivity contribution in [3.05, 3.63) is 60.2 Å². The van der Waals surface area contributed by atoms with Crippen LogP contribution in [0.2, 0.25) is 0 Å². The zero-order valence-corrected chi connectivity index (χ0v) is 14.7. The number of thiocarbonyl (C=S) groups is 1. The van der Waals surface area contributed by atoms with Crippen LogP contribution in [0.4, 0.5) is 5.69 Å². The maximum absolute atomic E-state index is 12.1. The minimum atomic E-state index is -1.14. The van der Waals surface area contributed by atoms with Crippen LogP contribution in [0.3, 0.4) is 0 Å². The SMILES string of the molecule is COC(=O)C(NC(=S)Nc1ccccc1)C(O)c1ccc(OC)cc1. The van der Waals surface area contributed by atoms with Crippen molar-refractivity contribution in [2.45, 2.75) is 12.1 Å². The highest BCUT2D eigenvalue weighted by Gasteiger charge is 2.29. The summed E-state index contributed by atoms with van der Waals surface area (Å²) in [5, 5.41) is 16.5. The van der Waals surface area contributed by atoms with E-state index in [4.69, 9.17) is 21.7 Å². The van der Waals surface area contributed by atoms with Gasteiger partial charge in [0.05, 0.1) is 14.2 Å². The molecule has 2 atom stereocenters. The summed E-state index contributed by atoms with van der Waals surface area (Å²) in [4.78, 5) is 12.1. The van der Waals surface area contributed by atoms with Crippen molar-refractivity contribution in [1.82, 2.24) is 5.32 Å². The van der Waals surface area contributed by atoms with E-state index in [1.165, 1.54) is 7.11 Å². The van der Waals surface area contributed by atoms with Crippen LogP contribution in [0, 0.1) is 0 Å². The fraction of sp³-hybridized carbons (Fsp3) is 0.222. The molecule has 2 aromatic rings. The highest BCUT2D eigenvalue weighted by Crippen LogP contribution is 2.21. The largest absolute Gasteiger partial charge is 0.497 e. The molecule has 2 aromatic carbocycles. The summed E-state index contributed by atoms with van der Waals surface area (Å²) in [5.41, 5.74) is 1.30. The highest BCUT2D eigenvalue weighted by molar-refractivity contribution is 7.80. The first-order valence-electron chi connectivity index (χ1n) is 7.57. The first-order chi connectivity index (χ1) is 12.0. The number of nitrogens with one attached hydrogen (secondary N) is 2. The Labute approximate surface area is 151 Å². The highest BCUT2D eigenvalue weighted by atomic mass is 32.1. The Morgan fingerprint density at radius 2 is 1.72 bits per heavy atom. The molecule has 2 rings (SSSR count). The lowest BCUT2D eigenvalue weighted by Gasteiger charge is -2.24. The molecule has 0 heterocycles. The number of aliphatic hydroxyl groups is 1. The molecular formula is C18H20N2O4S. The van der Waals surface area contributed by atoms with Crippen LogP contribution in [0.15, 0.2) is 54.6 Å². The number of benzene rings is 2. The van der Waals surface area contributed by atoms with E-state index in [-0.39, 0.29) is 5.11 Å². The van der Waals surface area contributed by atoms with Gasteiger partial charge in [-0.05, 0) is 42.0 Å². The molecule has 0 fully saturated rings. The van der Waals surface area contributed by atoms with Gasteiger partial charge >= 0.3 is 5.97 Å². The van der Waals surface area contributed by atoms with Crippen LogP contribution < -0.4 is 15.4 Å². The monoisotopic (exact) mass is 360 g/mol. The van der Waals surface area contributed by atoms with Crippen molar-refractivity contribution >= 4 is 29.0 Å². The third-order valence-electron chi connectivity index (χ3n) is 3.55. The Kier molecular flexibility index (Phi) is 6.73. The van der Waals surface area contributed by atoms with Crippen molar-refractivity contribution in [3.63, 3.8) is 0 Å². The van der Waals surface area contributed by atoms with Gasteiger partial charge in [-0.2, -0.15) is 0 Å². The smallest absolute Gasteiger partial charge is 0.331 e. The number of para-hydroxylation sites is 1. The van der Waals surface area contributed by atoms with Crippen molar-refractivity contribution < 1.29 is 19.4 Å². The summed E-state index contributed by atoms with van der Waals surface area (Å²) in [6.45, 7) is 0. The molecule has 0 aromatic heterocycles.